The lowest BCUT2D eigenvalue weighted by Gasteiger charge is -2.24. The first-order chi connectivity index (χ1) is 18.4. The average molecular weight is 511 g/mol. The Hall–Kier alpha value is -4.39. The maximum atomic E-state index is 13.0. The molecule has 7 nitrogen and oxygen atoms in total. The van der Waals surface area contributed by atoms with E-state index >= 15 is 0 Å². The Bertz CT molecular complexity index is 1420. The van der Waals surface area contributed by atoms with Gasteiger partial charge >= 0.3 is 12.1 Å². The molecule has 1 N–H and O–H groups in total. The molecule has 0 spiro atoms. The number of para-hydroxylation sites is 1. The molecule has 194 valence electrons. The number of carboxylic acid groups (broad SMARTS) is 1. The van der Waals surface area contributed by atoms with Gasteiger partial charge in [-0.05, 0) is 55.5 Å². The number of nitrogens with zero attached hydrogens (tertiary/aromatic N) is 2. The van der Waals surface area contributed by atoms with Crippen molar-refractivity contribution in [2.75, 3.05) is 11.5 Å². The highest BCUT2D eigenvalue weighted by atomic mass is 16.6. The predicted molar refractivity (Wildman–Crippen MR) is 145 cm³/mol. The van der Waals surface area contributed by atoms with Crippen LogP contribution in [-0.2, 0) is 14.9 Å². The van der Waals surface area contributed by atoms with Crippen molar-refractivity contribution in [3.63, 3.8) is 0 Å². The minimum atomic E-state index is -0.771. The van der Waals surface area contributed by atoms with Crippen LogP contribution in [0.1, 0.15) is 43.9 Å². The fourth-order valence-electron chi connectivity index (χ4n) is 5.32. The molecule has 0 bridgehead atoms. The first kappa shape index (κ1) is 25.3. The van der Waals surface area contributed by atoms with Crippen molar-refractivity contribution in [3.05, 3.63) is 90.2 Å². The number of carboxylic acids is 1. The molecule has 1 fully saturated rings. The van der Waals surface area contributed by atoms with Crippen LogP contribution in [0, 0.1) is 6.92 Å². The molecular formula is C31H30N2O5. The molecule has 0 unspecified atom stereocenters. The van der Waals surface area contributed by atoms with E-state index in [4.69, 9.17) is 9.26 Å². The number of ether oxygens (including phenoxy) is 1. The van der Waals surface area contributed by atoms with Gasteiger partial charge in [0.15, 0.2) is 5.76 Å². The van der Waals surface area contributed by atoms with E-state index in [1.165, 1.54) is 4.90 Å². The van der Waals surface area contributed by atoms with Crippen LogP contribution in [0.5, 0.6) is 0 Å². The number of carbonyl (C=O) groups excluding carboxylic acids is 1. The zero-order chi connectivity index (χ0) is 26.7. The summed E-state index contributed by atoms with van der Waals surface area (Å²) in [5.74, 6) is -0.242. The lowest BCUT2D eigenvalue weighted by molar-refractivity contribution is -0.143. The van der Waals surface area contributed by atoms with E-state index in [0.717, 1.165) is 35.1 Å². The number of aromatic nitrogens is 1. The molecule has 0 saturated heterocycles. The molecule has 38 heavy (non-hydrogen) atoms. The quantitative estimate of drug-likeness (QED) is 0.277. The van der Waals surface area contributed by atoms with Crippen LogP contribution in [0.4, 0.5) is 16.2 Å². The molecule has 7 heteroatoms. The Morgan fingerprint density at radius 1 is 0.921 bits per heavy atom. The molecule has 1 aromatic heterocycles. The number of amides is 1. The summed E-state index contributed by atoms with van der Waals surface area (Å²) in [5, 5.41) is 14.2. The summed E-state index contributed by atoms with van der Waals surface area (Å²) >= 11 is 0. The molecule has 3 aromatic carbocycles. The minimum Gasteiger partial charge on any atom is -0.481 e. The molecule has 1 amide bonds. The van der Waals surface area contributed by atoms with E-state index in [-0.39, 0.29) is 6.61 Å². The third-order valence-corrected chi connectivity index (χ3v) is 7.32. The van der Waals surface area contributed by atoms with Crippen molar-refractivity contribution in [2.45, 2.75) is 44.9 Å². The first-order valence-electron chi connectivity index (χ1n) is 12.9. The number of hydrogen-bond donors (Lipinski definition) is 1. The van der Waals surface area contributed by atoms with Crippen LogP contribution in [0.3, 0.4) is 0 Å². The summed E-state index contributed by atoms with van der Waals surface area (Å²) in [7, 11) is 0. The van der Waals surface area contributed by atoms with Crippen molar-refractivity contribution >= 4 is 23.4 Å². The summed E-state index contributed by atoms with van der Waals surface area (Å²) in [6.07, 6.45) is 2.74. The number of aryl methyl sites for hydroxylation is 1. The van der Waals surface area contributed by atoms with Crippen molar-refractivity contribution < 1.29 is 24.0 Å². The van der Waals surface area contributed by atoms with Crippen LogP contribution in [0.15, 0.2) is 83.4 Å². The van der Waals surface area contributed by atoms with Gasteiger partial charge < -0.3 is 14.4 Å². The Morgan fingerprint density at radius 2 is 1.50 bits per heavy atom. The molecule has 0 atom stereocenters. The van der Waals surface area contributed by atoms with Gasteiger partial charge in [-0.3, -0.25) is 4.79 Å². The van der Waals surface area contributed by atoms with E-state index in [1.54, 1.807) is 13.8 Å². The summed E-state index contributed by atoms with van der Waals surface area (Å²) < 4.78 is 10.9. The van der Waals surface area contributed by atoms with E-state index in [1.807, 2.05) is 78.9 Å². The summed E-state index contributed by atoms with van der Waals surface area (Å²) in [6.45, 7) is 3.77. The highest BCUT2D eigenvalue weighted by Gasteiger charge is 2.42. The van der Waals surface area contributed by atoms with Gasteiger partial charge in [0.2, 0.25) is 0 Å². The summed E-state index contributed by atoms with van der Waals surface area (Å²) in [6, 6.07) is 25.0. The number of rotatable bonds is 7. The van der Waals surface area contributed by atoms with Crippen LogP contribution in [-0.4, -0.2) is 28.9 Å². The second kappa shape index (κ2) is 10.5. The van der Waals surface area contributed by atoms with E-state index < -0.39 is 17.5 Å². The highest BCUT2D eigenvalue weighted by Crippen LogP contribution is 2.42. The van der Waals surface area contributed by atoms with Crippen LogP contribution < -0.4 is 4.90 Å². The topological polar surface area (TPSA) is 92.9 Å². The van der Waals surface area contributed by atoms with Gasteiger partial charge in [-0.15, -0.1) is 0 Å². The Morgan fingerprint density at radius 3 is 2.08 bits per heavy atom. The normalized spacial score (nSPS) is 14.3. The van der Waals surface area contributed by atoms with Gasteiger partial charge in [0.25, 0.3) is 0 Å². The SMILES string of the molecule is CCOC(=O)N(c1ccccc1)c1c(-c2ccc(-c3ccc(C4(C(=O)O)CCCC4)cc3)cc2)noc1C. The maximum Gasteiger partial charge on any atom is 0.419 e. The average Bonchev–Trinajstić information content (AvgIpc) is 3.59. The van der Waals surface area contributed by atoms with Crippen LogP contribution in [0.2, 0.25) is 0 Å². The fourth-order valence-corrected chi connectivity index (χ4v) is 5.32. The monoisotopic (exact) mass is 510 g/mol. The molecule has 4 aromatic rings. The van der Waals surface area contributed by atoms with Gasteiger partial charge in [0, 0.05) is 5.56 Å². The Kier molecular flexibility index (Phi) is 7.01. The number of aliphatic carboxylic acids is 1. The van der Waals surface area contributed by atoms with Crippen molar-refractivity contribution in [2.24, 2.45) is 0 Å². The number of benzene rings is 3. The predicted octanol–water partition coefficient (Wildman–Crippen LogP) is 7.51. The number of carbonyl (C=O) groups is 2. The van der Waals surface area contributed by atoms with Crippen molar-refractivity contribution in [1.29, 1.82) is 0 Å². The Balaban J connectivity index is 1.46. The lowest BCUT2D eigenvalue weighted by Crippen LogP contribution is -2.32. The van der Waals surface area contributed by atoms with Gasteiger partial charge in [-0.2, -0.15) is 0 Å². The van der Waals surface area contributed by atoms with E-state index in [0.29, 0.717) is 35.7 Å². The molecule has 1 heterocycles. The highest BCUT2D eigenvalue weighted by molar-refractivity contribution is 6.00. The molecule has 0 radical (unpaired) electrons. The smallest absolute Gasteiger partial charge is 0.419 e. The molecule has 0 aliphatic heterocycles. The summed E-state index contributed by atoms with van der Waals surface area (Å²) in [4.78, 5) is 26.5. The number of anilines is 2. The van der Waals surface area contributed by atoms with E-state index in [9.17, 15) is 14.7 Å². The van der Waals surface area contributed by atoms with E-state index in [2.05, 4.69) is 5.16 Å². The third kappa shape index (κ3) is 4.56. The van der Waals surface area contributed by atoms with Crippen molar-refractivity contribution in [3.8, 4) is 22.4 Å². The second-order valence-electron chi connectivity index (χ2n) is 9.55. The number of hydrogen-bond acceptors (Lipinski definition) is 5. The molecule has 1 aliphatic rings. The maximum absolute atomic E-state index is 13.0. The largest absolute Gasteiger partial charge is 0.481 e. The zero-order valence-corrected chi connectivity index (χ0v) is 21.5. The second-order valence-corrected chi connectivity index (χ2v) is 9.55. The molecular weight excluding hydrogens is 480 g/mol. The summed E-state index contributed by atoms with van der Waals surface area (Å²) in [5.41, 5.74) is 4.58. The zero-order valence-electron chi connectivity index (χ0n) is 21.5. The minimum absolute atomic E-state index is 0.239. The van der Waals surface area contributed by atoms with Gasteiger partial charge in [-0.1, -0.05) is 84.7 Å². The van der Waals surface area contributed by atoms with Gasteiger partial charge in [0.1, 0.15) is 11.4 Å². The Labute approximate surface area is 221 Å². The lowest BCUT2D eigenvalue weighted by atomic mass is 9.78. The van der Waals surface area contributed by atoms with Gasteiger partial charge in [0.05, 0.1) is 17.7 Å². The van der Waals surface area contributed by atoms with Gasteiger partial charge in [-0.25, -0.2) is 9.69 Å². The molecule has 1 saturated carbocycles. The standard InChI is InChI=1S/C31H30N2O5/c1-3-37-30(36)33(26-9-5-4-6-10-26)28-21(2)38-32-27(28)24-13-11-22(12-14-24)23-15-17-25(18-16-23)31(29(34)35)19-7-8-20-31/h4-6,9-18H,3,7-8,19-20H2,1-2H3,(H,34,35). The van der Waals surface area contributed by atoms with Crippen LogP contribution >= 0.6 is 0 Å². The van der Waals surface area contributed by atoms with Crippen LogP contribution in [0.25, 0.3) is 22.4 Å². The van der Waals surface area contributed by atoms with Crippen molar-refractivity contribution in [1.82, 2.24) is 5.16 Å². The third-order valence-electron chi connectivity index (χ3n) is 7.32. The molecule has 1 aliphatic carbocycles. The molecule has 5 rings (SSSR count). The fraction of sp³-hybridized carbons (Fsp3) is 0.258. The first-order valence-corrected chi connectivity index (χ1v) is 12.9.